The third kappa shape index (κ3) is 3.66. The molecule has 0 fully saturated rings. The van der Waals surface area contributed by atoms with Crippen LogP contribution in [0.25, 0.3) is 0 Å². The molecule has 2 heterocycles. The van der Waals surface area contributed by atoms with Crippen LogP contribution in [0.15, 0.2) is 48.9 Å². The minimum absolute atomic E-state index is 0.00594. The minimum atomic E-state index is -0.591. The molecule has 8 nitrogen and oxygen atoms in total. The zero-order valence-electron chi connectivity index (χ0n) is 13.1. The molecule has 9 heteroatoms. The first-order valence-corrected chi connectivity index (χ1v) is 7.25. The summed E-state index contributed by atoms with van der Waals surface area (Å²) >= 11 is 0. The van der Waals surface area contributed by atoms with Crippen molar-refractivity contribution < 1.29 is 9.31 Å². The van der Waals surface area contributed by atoms with Crippen LogP contribution < -0.4 is 10.6 Å². The summed E-state index contributed by atoms with van der Waals surface area (Å²) in [5, 5.41) is 17.2. The molecule has 0 aliphatic carbocycles. The van der Waals surface area contributed by atoms with E-state index in [0.717, 1.165) is 5.56 Å². The second-order valence-electron chi connectivity index (χ2n) is 5.10. The first-order valence-electron chi connectivity index (χ1n) is 7.25. The molecule has 3 rings (SSSR count). The zero-order chi connectivity index (χ0) is 17.8. The summed E-state index contributed by atoms with van der Waals surface area (Å²) in [6.07, 6.45) is 2.76. The number of nitrogens with one attached hydrogen (secondary N) is 2. The van der Waals surface area contributed by atoms with Crippen molar-refractivity contribution in [3.05, 3.63) is 70.4 Å². The lowest BCUT2D eigenvalue weighted by atomic mass is 10.3. The van der Waals surface area contributed by atoms with Gasteiger partial charge in [-0.3, -0.25) is 10.1 Å². The van der Waals surface area contributed by atoms with Gasteiger partial charge in [0.25, 0.3) is 0 Å². The molecule has 0 aliphatic rings. The number of pyridine rings is 1. The quantitative estimate of drug-likeness (QED) is 0.538. The number of nitro groups is 1. The van der Waals surface area contributed by atoms with Gasteiger partial charge in [0.2, 0.25) is 11.6 Å². The Balaban J connectivity index is 1.98. The number of aryl methyl sites for hydroxylation is 1. The van der Waals surface area contributed by atoms with E-state index in [0.29, 0.717) is 11.5 Å². The molecule has 25 heavy (non-hydrogen) atoms. The van der Waals surface area contributed by atoms with Crippen LogP contribution in [-0.2, 0) is 0 Å². The maximum absolute atomic E-state index is 13.0. The molecular formula is C16H13FN6O2. The first kappa shape index (κ1) is 16.2. The molecule has 3 aromatic rings. The summed E-state index contributed by atoms with van der Waals surface area (Å²) in [6.45, 7) is 1.82. The maximum Gasteiger partial charge on any atom is 0.353 e. The third-order valence-corrected chi connectivity index (χ3v) is 3.36. The van der Waals surface area contributed by atoms with E-state index in [4.69, 9.17) is 0 Å². The molecule has 0 radical (unpaired) electrons. The number of nitrogens with zero attached hydrogens (tertiary/aromatic N) is 4. The lowest BCUT2D eigenvalue weighted by Crippen LogP contribution is -2.06. The van der Waals surface area contributed by atoms with Gasteiger partial charge in [-0.2, -0.15) is 0 Å². The molecule has 0 aliphatic heterocycles. The largest absolute Gasteiger partial charge is 0.353 e. The lowest BCUT2D eigenvalue weighted by molar-refractivity contribution is -0.383. The molecule has 0 saturated heterocycles. The molecule has 126 valence electrons. The summed E-state index contributed by atoms with van der Waals surface area (Å²) in [7, 11) is 0. The van der Waals surface area contributed by atoms with Gasteiger partial charge >= 0.3 is 5.69 Å². The second kappa shape index (κ2) is 6.87. The van der Waals surface area contributed by atoms with E-state index < -0.39 is 10.7 Å². The van der Waals surface area contributed by atoms with Crippen molar-refractivity contribution in [1.82, 2.24) is 15.0 Å². The molecule has 0 saturated carbocycles. The highest BCUT2D eigenvalue weighted by molar-refractivity contribution is 5.76. The van der Waals surface area contributed by atoms with E-state index >= 15 is 0 Å². The van der Waals surface area contributed by atoms with Gasteiger partial charge < -0.3 is 10.6 Å². The fraction of sp³-hybridized carbons (Fsp3) is 0.0625. The van der Waals surface area contributed by atoms with Crippen LogP contribution in [0.2, 0.25) is 0 Å². The molecule has 1 aromatic carbocycles. The van der Waals surface area contributed by atoms with Gasteiger partial charge in [-0.1, -0.05) is 6.07 Å². The average Bonchev–Trinajstić information content (AvgIpc) is 2.59. The van der Waals surface area contributed by atoms with Gasteiger partial charge in [-0.25, -0.2) is 19.3 Å². The Hall–Kier alpha value is -3.62. The van der Waals surface area contributed by atoms with Crippen molar-refractivity contribution in [1.29, 1.82) is 0 Å². The van der Waals surface area contributed by atoms with Gasteiger partial charge in [0.05, 0.1) is 4.92 Å². The molecule has 0 atom stereocenters. The normalized spacial score (nSPS) is 10.3. The Kier molecular flexibility index (Phi) is 4.46. The van der Waals surface area contributed by atoms with E-state index in [-0.39, 0.29) is 17.3 Å². The van der Waals surface area contributed by atoms with E-state index in [2.05, 4.69) is 25.6 Å². The minimum Gasteiger partial charge on any atom is -0.334 e. The Morgan fingerprint density at radius 2 is 1.68 bits per heavy atom. The van der Waals surface area contributed by atoms with Gasteiger partial charge in [0.1, 0.15) is 18.0 Å². The highest BCUT2D eigenvalue weighted by Crippen LogP contribution is 2.33. The number of aromatic nitrogens is 3. The summed E-state index contributed by atoms with van der Waals surface area (Å²) < 4.78 is 13.0. The second-order valence-corrected chi connectivity index (χ2v) is 5.10. The Bertz CT molecular complexity index is 917. The van der Waals surface area contributed by atoms with E-state index in [1.165, 1.54) is 30.6 Å². The maximum atomic E-state index is 13.0. The lowest BCUT2D eigenvalue weighted by Gasteiger charge is -2.10. The first-order chi connectivity index (χ1) is 12.0. The fourth-order valence-corrected chi connectivity index (χ4v) is 2.13. The SMILES string of the molecule is Cc1cccnc1Nc1ncnc(Nc2ccc(F)cc2)c1[N+](=O)[O-]. The van der Waals surface area contributed by atoms with Crippen LogP contribution in [0.3, 0.4) is 0 Å². The third-order valence-electron chi connectivity index (χ3n) is 3.36. The number of rotatable bonds is 5. The highest BCUT2D eigenvalue weighted by Gasteiger charge is 2.24. The molecule has 0 spiro atoms. The van der Waals surface area contributed by atoms with Crippen molar-refractivity contribution >= 4 is 28.8 Å². The number of hydrogen-bond acceptors (Lipinski definition) is 7. The molecule has 0 amide bonds. The summed E-state index contributed by atoms with van der Waals surface area (Å²) in [5.74, 6) is 0.0434. The molecule has 2 aromatic heterocycles. The smallest absolute Gasteiger partial charge is 0.334 e. The Morgan fingerprint density at radius 1 is 1.00 bits per heavy atom. The highest BCUT2D eigenvalue weighted by atomic mass is 19.1. The summed E-state index contributed by atoms with van der Waals surface area (Å²) in [6, 6.07) is 8.97. The van der Waals surface area contributed by atoms with Crippen molar-refractivity contribution in [3.8, 4) is 0 Å². The molecule has 0 unspecified atom stereocenters. The predicted molar refractivity (Wildman–Crippen MR) is 90.6 cm³/mol. The monoisotopic (exact) mass is 340 g/mol. The number of benzene rings is 1. The van der Waals surface area contributed by atoms with Crippen LogP contribution in [0.1, 0.15) is 5.56 Å². The van der Waals surface area contributed by atoms with Gasteiger partial charge in [0.15, 0.2) is 0 Å². The summed E-state index contributed by atoms with van der Waals surface area (Å²) in [5.41, 5.74) is 0.934. The van der Waals surface area contributed by atoms with Crippen molar-refractivity contribution in [2.24, 2.45) is 0 Å². The molecular weight excluding hydrogens is 327 g/mol. The van der Waals surface area contributed by atoms with Crippen LogP contribution in [-0.4, -0.2) is 19.9 Å². The average molecular weight is 340 g/mol. The van der Waals surface area contributed by atoms with Crippen LogP contribution in [0.4, 0.5) is 33.2 Å². The van der Waals surface area contributed by atoms with Crippen LogP contribution in [0.5, 0.6) is 0 Å². The van der Waals surface area contributed by atoms with Crippen molar-refractivity contribution in [3.63, 3.8) is 0 Å². The number of halogens is 1. The van der Waals surface area contributed by atoms with E-state index in [9.17, 15) is 14.5 Å². The van der Waals surface area contributed by atoms with Gasteiger partial charge in [-0.05, 0) is 42.8 Å². The number of hydrogen-bond donors (Lipinski definition) is 2. The van der Waals surface area contributed by atoms with E-state index in [1.807, 2.05) is 13.0 Å². The fourth-order valence-electron chi connectivity index (χ4n) is 2.13. The predicted octanol–water partition coefficient (Wildman–Crippen LogP) is 3.71. The van der Waals surface area contributed by atoms with E-state index in [1.54, 1.807) is 12.3 Å². The summed E-state index contributed by atoms with van der Waals surface area (Å²) in [4.78, 5) is 23.0. The van der Waals surface area contributed by atoms with Crippen LogP contribution >= 0.6 is 0 Å². The Morgan fingerprint density at radius 3 is 2.32 bits per heavy atom. The molecule has 0 bridgehead atoms. The van der Waals surface area contributed by atoms with Crippen molar-refractivity contribution in [2.75, 3.05) is 10.6 Å². The van der Waals surface area contributed by atoms with Crippen LogP contribution in [0, 0.1) is 22.9 Å². The van der Waals surface area contributed by atoms with Gasteiger partial charge in [-0.15, -0.1) is 0 Å². The standard InChI is InChI=1S/C16H13FN6O2/c1-10-3-2-8-18-14(10)22-16-13(23(24)25)15(19-9-20-16)21-12-6-4-11(17)5-7-12/h2-9H,1H3,(H2,18,19,20,21,22). The molecule has 2 N–H and O–H groups in total. The number of anilines is 4. The Labute approximate surface area is 141 Å². The zero-order valence-corrected chi connectivity index (χ0v) is 13.1. The van der Waals surface area contributed by atoms with Crippen molar-refractivity contribution in [2.45, 2.75) is 6.92 Å². The van der Waals surface area contributed by atoms with Gasteiger partial charge in [0, 0.05) is 11.9 Å². The topological polar surface area (TPSA) is 106 Å².